The van der Waals surface area contributed by atoms with Gasteiger partial charge in [0.2, 0.25) is 0 Å². The molecule has 0 amide bonds. The maximum Gasteiger partial charge on any atom is 0.0798 e. The first kappa shape index (κ1) is 5.89. The fraction of sp³-hybridized carbons (Fsp3) is 0.250. The van der Waals surface area contributed by atoms with E-state index >= 15 is 0 Å². The van der Waals surface area contributed by atoms with E-state index in [1.807, 2.05) is 6.92 Å². The van der Waals surface area contributed by atoms with Gasteiger partial charge in [-0.15, -0.1) is 0 Å². The predicted octanol–water partition coefficient (Wildman–Crippen LogP) is 1.94. The van der Waals surface area contributed by atoms with Gasteiger partial charge in [-0.3, -0.25) is 4.99 Å². The van der Waals surface area contributed by atoms with Gasteiger partial charge in [0, 0.05) is 6.20 Å². The Hall–Kier alpha value is -0.110. The third-order valence-corrected chi connectivity index (χ3v) is 0.474. The van der Waals surface area contributed by atoms with Gasteiger partial charge in [-0.25, -0.2) is 0 Å². The zero-order valence-corrected chi connectivity index (χ0v) is 5.20. The van der Waals surface area contributed by atoms with E-state index < -0.39 is 0 Å². The molecule has 0 aliphatic heterocycles. The van der Waals surface area contributed by atoms with Gasteiger partial charge in [0.15, 0.2) is 0 Å². The average molecular weight is 148 g/mol. The van der Waals surface area contributed by atoms with E-state index in [1.54, 1.807) is 0 Å². The highest BCUT2D eigenvalue weighted by atomic mass is 79.9. The van der Waals surface area contributed by atoms with E-state index in [2.05, 4.69) is 27.5 Å². The van der Waals surface area contributed by atoms with Crippen LogP contribution in [0.5, 0.6) is 0 Å². The molecule has 0 aromatic carbocycles. The predicted molar refractivity (Wildman–Crippen MR) is 32.2 cm³/mol. The Labute approximate surface area is 45.9 Å². The van der Waals surface area contributed by atoms with Crippen molar-refractivity contribution in [2.45, 2.75) is 6.92 Å². The fourth-order valence-electron chi connectivity index (χ4n) is 0.126. The highest BCUT2D eigenvalue weighted by Crippen LogP contribution is 1.85. The lowest BCUT2D eigenvalue weighted by Gasteiger charge is -1.73. The summed E-state index contributed by atoms with van der Waals surface area (Å²) in [5.74, 6) is 0. The number of rotatable bonds is 1. The minimum atomic E-state index is 0.859. The van der Waals surface area contributed by atoms with Crippen molar-refractivity contribution in [3.63, 3.8) is 0 Å². The van der Waals surface area contributed by atoms with E-state index in [-0.39, 0.29) is 0 Å². The van der Waals surface area contributed by atoms with Crippen molar-refractivity contribution in [3.8, 4) is 0 Å². The van der Waals surface area contributed by atoms with Crippen LogP contribution in [0.4, 0.5) is 0 Å². The number of nitrogens with zero attached hydrogens (tertiary/aromatic N) is 1. The van der Waals surface area contributed by atoms with Gasteiger partial charge in [-0.05, 0) is 22.9 Å². The largest absolute Gasteiger partial charge is 0.255 e. The van der Waals surface area contributed by atoms with Crippen LogP contribution < -0.4 is 0 Å². The lowest BCUT2D eigenvalue weighted by atomic mass is 10.9. The molecule has 0 aliphatic rings. The molecule has 0 bridgehead atoms. The number of aliphatic imine (C=N–C) groups is 1. The molecule has 6 heavy (non-hydrogen) atoms. The van der Waals surface area contributed by atoms with E-state index in [1.165, 1.54) is 6.20 Å². The molecule has 2 heteroatoms. The fourth-order valence-corrected chi connectivity index (χ4v) is 0.271. The topological polar surface area (TPSA) is 12.4 Å². The van der Waals surface area contributed by atoms with Gasteiger partial charge in [-0.2, -0.15) is 0 Å². The van der Waals surface area contributed by atoms with Gasteiger partial charge in [0.25, 0.3) is 0 Å². The summed E-state index contributed by atoms with van der Waals surface area (Å²) >= 11 is 3.11. The minimum absolute atomic E-state index is 0.859. The number of halogens is 1. The van der Waals surface area contributed by atoms with Gasteiger partial charge in [0.05, 0.1) is 4.62 Å². The molecular formula is C4H6BrN. The Balaban J connectivity index is 3.41. The summed E-state index contributed by atoms with van der Waals surface area (Å²) in [5.41, 5.74) is 0. The second kappa shape index (κ2) is 3.09. The van der Waals surface area contributed by atoms with E-state index in [0.29, 0.717) is 0 Å². The van der Waals surface area contributed by atoms with Gasteiger partial charge in [-0.1, -0.05) is 6.58 Å². The maximum absolute atomic E-state index is 3.72. The smallest absolute Gasteiger partial charge is 0.0798 e. The third-order valence-electron chi connectivity index (χ3n) is 0.269. The Morgan fingerprint density at radius 3 is 2.50 bits per heavy atom. The van der Waals surface area contributed by atoms with Crippen LogP contribution in [-0.4, -0.2) is 4.62 Å². The maximum atomic E-state index is 3.72. The molecule has 0 aromatic rings. The first-order chi connectivity index (χ1) is 2.77. The molecule has 0 unspecified atom stereocenters. The number of hydrogen-bond acceptors (Lipinski definition) is 1. The summed E-state index contributed by atoms with van der Waals surface area (Å²) in [5, 5.41) is 0. The SMILES string of the molecule is C=C/N=C(\C)Br. The summed E-state index contributed by atoms with van der Waals surface area (Å²) < 4.78 is 0.859. The van der Waals surface area contributed by atoms with E-state index in [4.69, 9.17) is 0 Å². The van der Waals surface area contributed by atoms with Gasteiger partial charge < -0.3 is 0 Å². The summed E-state index contributed by atoms with van der Waals surface area (Å²) in [7, 11) is 0. The molecule has 0 atom stereocenters. The third kappa shape index (κ3) is 3.89. The van der Waals surface area contributed by atoms with Crippen LogP contribution in [0.2, 0.25) is 0 Å². The molecule has 0 aromatic heterocycles. The first-order valence-electron chi connectivity index (χ1n) is 1.58. The summed E-state index contributed by atoms with van der Waals surface area (Å²) in [4.78, 5) is 3.72. The molecule has 34 valence electrons. The Kier molecular flexibility index (Phi) is 3.04. The van der Waals surface area contributed by atoms with Crippen LogP contribution in [0.15, 0.2) is 17.8 Å². The van der Waals surface area contributed by atoms with Crippen molar-refractivity contribution < 1.29 is 0 Å². The average Bonchev–Trinajstić information content (AvgIpc) is 1.35. The van der Waals surface area contributed by atoms with Crippen LogP contribution in [0, 0.1) is 0 Å². The van der Waals surface area contributed by atoms with Crippen molar-refractivity contribution >= 4 is 20.6 Å². The number of hydrogen-bond donors (Lipinski definition) is 0. The van der Waals surface area contributed by atoms with Crippen molar-refractivity contribution in [3.05, 3.63) is 12.8 Å². The van der Waals surface area contributed by atoms with Gasteiger partial charge >= 0.3 is 0 Å². The second-order valence-corrected chi connectivity index (χ2v) is 1.96. The van der Waals surface area contributed by atoms with Crippen LogP contribution in [-0.2, 0) is 0 Å². The molecular weight excluding hydrogens is 142 g/mol. The highest BCUT2D eigenvalue weighted by Gasteiger charge is 1.68. The normalized spacial score (nSPS) is 11.3. The van der Waals surface area contributed by atoms with Gasteiger partial charge in [0.1, 0.15) is 0 Å². The van der Waals surface area contributed by atoms with E-state index in [0.717, 1.165) is 4.62 Å². The molecule has 0 rings (SSSR count). The van der Waals surface area contributed by atoms with Crippen LogP contribution in [0.3, 0.4) is 0 Å². The lowest BCUT2D eigenvalue weighted by molar-refractivity contribution is 1.60. The van der Waals surface area contributed by atoms with Crippen LogP contribution in [0.25, 0.3) is 0 Å². The lowest BCUT2D eigenvalue weighted by Crippen LogP contribution is -1.65. The molecule has 1 nitrogen and oxygen atoms in total. The second-order valence-electron chi connectivity index (χ2n) is 0.809. The van der Waals surface area contributed by atoms with Crippen molar-refractivity contribution in [1.82, 2.24) is 0 Å². The standard InChI is InChI=1S/C4H6BrN/c1-3-6-4(2)5/h3H,1H2,2H3/b6-4+. The molecule has 0 radical (unpaired) electrons. The zero-order chi connectivity index (χ0) is 4.99. The monoisotopic (exact) mass is 147 g/mol. The molecule has 0 heterocycles. The van der Waals surface area contributed by atoms with Crippen LogP contribution in [0.1, 0.15) is 6.92 Å². The summed E-state index contributed by atoms with van der Waals surface area (Å²) in [6.45, 7) is 5.23. The first-order valence-corrected chi connectivity index (χ1v) is 2.37. The van der Waals surface area contributed by atoms with E-state index in [9.17, 15) is 0 Å². The molecule has 0 saturated carbocycles. The summed E-state index contributed by atoms with van der Waals surface area (Å²) in [6.07, 6.45) is 1.49. The van der Waals surface area contributed by atoms with Crippen molar-refractivity contribution in [2.24, 2.45) is 4.99 Å². The highest BCUT2D eigenvalue weighted by molar-refractivity contribution is 9.18. The molecule has 0 fully saturated rings. The van der Waals surface area contributed by atoms with Crippen molar-refractivity contribution in [2.75, 3.05) is 0 Å². The van der Waals surface area contributed by atoms with Crippen molar-refractivity contribution in [1.29, 1.82) is 0 Å². The van der Waals surface area contributed by atoms with Crippen LogP contribution >= 0.6 is 15.9 Å². The quantitative estimate of drug-likeness (QED) is 0.504. The summed E-state index contributed by atoms with van der Waals surface area (Å²) in [6, 6.07) is 0. The Morgan fingerprint density at radius 1 is 2.00 bits per heavy atom. The molecule has 0 spiro atoms. The zero-order valence-electron chi connectivity index (χ0n) is 3.61. The molecule has 0 saturated heterocycles. The Morgan fingerprint density at radius 2 is 2.50 bits per heavy atom. The molecule has 0 N–H and O–H groups in total. The Bertz CT molecular complexity index is 71.6. The minimum Gasteiger partial charge on any atom is -0.255 e. The molecule has 0 aliphatic carbocycles.